The maximum absolute atomic E-state index is 9.55. The van der Waals surface area contributed by atoms with Gasteiger partial charge in [-0.1, -0.05) is 20.8 Å². The van der Waals surface area contributed by atoms with E-state index in [4.69, 9.17) is 9.47 Å². The summed E-state index contributed by atoms with van der Waals surface area (Å²) in [7, 11) is 1.64. The van der Waals surface area contributed by atoms with Crippen LogP contribution in [-0.2, 0) is 9.47 Å². The highest BCUT2D eigenvalue weighted by molar-refractivity contribution is 4.65. The van der Waals surface area contributed by atoms with Gasteiger partial charge in [0.1, 0.15) is 0 Å². The number of methoxy groups -OCH3 is 1. The fraction of sp³-hybridized carbons (Fsp3) is 1.00. The Morgan fingerprint density at radius 2 is 1.86 bits per heavy atom. The number of hydrogen-bond acceptors (Lipinski definition) is 3. The second-order valence-corrected chi connectivity index (χ2v) is 4.82. The standard InChI is InChI=1S/C11H24O3/c1-11(2,3)6-5-10(12)9-14-8-7-13-4/h10,12H,5-9H2,1-4H3. The summed E-state index contributed by atoms with van der Waals surface area (Å²) in [6, 6.07) is 0. The van der Waals surface area contributed by atoms with E-state index in [1.807, 2.05) is 0 Å². The molecule has 0 radical (unpaired) electrons. The fourth-order valence-electron chi connectivity index (χ4n) is 1.04. The van der Waals surface area contributed by atoms with E-state index < -0.39 is 0 Å². The summed E-state index contributed by atoms with van der Waals surface area (Å²) in [5.74, 6) is 0. The van der Waals surface area contributed by atoms with Crippen LogP contribution in [0.1, 0.15) is 33.6 Å². The minimum Gasteiger partial charge on any atom is -0.391 e. The molecule has 14 heavy (non-hydrogen) atoms. The van der Waals surface area contributed by atoms with Gasteiger partial charge < -0.3 is 14.6 Å². The first-order chi connectivity index (χ1) is 6.45. The average molecular weight is 204 g/mol. The molecule has 0 bridgehead atoms. The lowest BCUT2D eigenvalue weighted by Crippen LogP contribution is -2.19. The van der Waals surface area contributed by atoms with Crippen LogP contribution in [0.5, 0.6) is 0 Å². The van der Waals surface area contributed by atoms with Crippen molar-refractivity contribution in [2.24, 2.45) is 5.41 Å². The molecule has 0 saturated heterocycles. The minimum atomic E-state index is -0.342. The molecule has 86 valence electrons. The maximum atomic E-state index is 9.55. The van der Waals surface area contributed by atoms with Crippen LogP contribution < -0.4 is 0 Å². The molecular formula is C11H24O3. The third kappa shape index (κ3) is 9.96. The van der Waals surface area contributed by atoms with Crippen molar-refractivity contribution in [2.45, 2.75) is 39.7 Å². The van der Waals surface area contributed by atoms with E-state index in [0.717, 1.165) is 12.8 Å². The third-order valence-corrected chi connectivity index (χ3v) is 1.97. The number of ether oxygens (including phenoxy) is 2. The van der Waals surface area contributed by atoms with Crippen molar-refractivity contribution in [3.05, 3.63) is 0 Å². The Labute approximate surface area is 87.4 Å². The van der Waals surface area contributed by atoms with Crippen LogP contribution in [0, 0.1) is 5.41 Å². The average Bonchev–Trinajstić information content (AvgIpc) is 2.08. The van der Waals surface area contributed by atoms with Crippen molar-refractivity contribution in [2.75, 3.05) is 26.9 Å². The van der Waals surface area contributed by atoms with Crippen LogP contribution in [0.2, 0.25) is 0 Å². The van der Waals surface area contributed by atoms with Gasteiger partial charge in [0.2, 0.25) is 0 Å². The largest absolute Gasteiger partial charge is 0.391 e. The molecule has 0 rings (SSSR count). The van der Waals surface area contributed by atoms with Crippen LogP contribution in [-0.4, -0.2) is 38.1 Å². The van der Waals surface area contributed by atoms with Crippen molar-refractivity contribution in [1.82, 2.24) is 0 Å². The van der Waals surface area contributed by atoms with Gasteiger partial charge in [-0.15, -0.1) is 0 Å². The maximum Gasteiger partial charge on any atom is 0.0773 e. The topological polar surface area (TPSA) is 38.7 Å². The van der Waals surface area contributed by atoms with E-state index in [9.17, 15) is 5.11 Å². The highest BCUT2D eigenvalue weighted by Gasteiger charge is 2.13. The first-order valence-electron chi connectivity index (χ1n) is 5.20. The molecule has 0 heterocycles. The van der Waals surface area contributed by atoms with Gasteiger partial charge in [-0.05, 0) is 18.3 Å². The smallest absolute Gasteiger partial charge is 0.0773 e. The lowest BCUT2D eigenvalue weighted by Gasteiger charge is -2.20. The Morgan fingerprint density at radius 3 is 2.36 bits per heavy atom. The predicted molar refractivity (Wildman–Crippen MR) is 57.4 cm³/mol. The Kier molecular flexibility index (Phi) is 7.15. The zero-order chi connectivity index (χ0) is 11.0. The second kappa shape index (κ2) is 7.21. The fourth-order valence-corrected chi connectivity index (χ4v) is 1.04. The van der Waals surface area contributed by atoms with Gasteiger partial charge >= 0.3 is 0 Å². The van der Waals surface area contributed by atoms with E-state index in [0.29, 0.717) is 19.8 Å². The zero-order valence-electron chi connectivity index (χ0n) is 9.88. The van der Waals surface area contributed by atoms with Crippen molar-refractivity contribution in [1.29, 1.82) is 0 Å². The van der Waals surface area contributed by atoms with Gasteiger partial charge in [-0.25, -0.2) is 0 Å². The van der Waals surface area contributed by atoms with Crippen LogP contribution >= 0.6 is 0 Å². The quantitative estimate of drug-likeness (QED) is 0.643. The Bertz CT molecular complexity index is 129. The highest BCUT2D eigenvalue weighted by Crippen LogP contribution is 2.21. The lowest BCUT2D eigenvalue weighted by atomic mass is 9.89. The van der Waals surface area contributed by atoms with Gasteiger partial charge in [-0.3, -0.25) is 0 Å². The molecule has 0 aliphatic carbocycles. The molecule has 0 fully saturated rings. The number of hydrogen-bond donors (Lipinski definition) is 1. The van der Waals surface area contributed by atoms with Crippen molar-refractivity contribution in [3.63, 3.8) is 0 Å². The molecule has 0 spiro atoms. The highest BCUT2D eigenvalue weighted by atomic mass is 16.5. The van der Waals surface area contributed by atoms with Gasteiger partial charge in [0.25, 0.3) is 0 Å². The summed E-state index contributed by atoms with van der Waals surface area (Å²) in [6.07, 6.45) is 1.48. The van der Waals surface area contributed by atoms with E-state index in [1.54, 1.807) is 7.11 Å². The minimum absolute atomic E-state index is 0.285. The lowest BCUT2D eigenvalue weighted by molar-refractivity contribution is 0.00671. The number of aliphatic hydroxyl groups is 1. The molecule has 0 aromatic rings. The molecule has 0 aliphatic rings. The van der Waals surface area contributed by atoms with E-state index >= 15 is 0 Å². The summed E-state index contributed by atoms with van der Waals surface area (Å²) in [4.78, 5) is 0. The first-order valence-corrected chi connectivity index (χ1v) is 5.20. The Balaban J connectivity index is 3.32. The zero-order valence-corrected chi connectivity index (χ0v) is 9.88. The van der Waals surface area contributed by atoms with Crippen LogP contribution in [0.15, 0.2) is 0 Å². The summed E-state index contributed by atoms with van der Waals surface area (Å²) in [5, 5.41) is 9.55. The van der Waals surface area contributed by atoms with Gasteiger partial charge in [-0.2, -0.15) is 0 Å². The second-order valence-electron chi connectivity index (χ2n) is 4.82. The van der Waals surface area contributed by atoms with Crippen molar-refractivity contribution >= 4 is 0 Å². The molecule has 3 heteroatoms. The molecule has 1 N–H and O–H groups in total. The normalized spacial score (nSPS) is 14.4. The van der Waals surface area contributed by atoms with Crippen LogP contribution in [0.4, 0.5) is 0 Å². The summed E-state index contributed by atoms with van der Waals surface area (Å²) in [5.41, 5.74) is 0.285. The summed E-state index contributed by atoms with van der Waals surface area (Å²) in [6.45, 7) is 8.08. The number of rotatable bonds is 7. The molecule has 0 aromatic carbocycles. The summed E-state index contributed by atoms with van der Waals surface area (Å²) < 4.78 is 10.1. The molecule has 0 amide bonds. The monoisotopic (exact) mass is 204 g/mol. The van der Waals surface area contributed by atoms with Crippen molar-refractivity contribution in [3.8, 4) is 0 Å². The van der Waals surface area contributed by atoms with Crippen LogP contribution in [0.25, 0.3) is 0 Å². The summed E-state index contributed by atoms with van der Waals surface area (Å²) >= 11 is 0. The molecule has 0 aliphatic heterocycles. The third-order valence-electron chi connectivity index (χ3n) is 1.97. The molecule has 1 unspecified atom stereocenters. The predicted octanol–water partition coefficient (Wildman–Crippen LogP) is 1.84. The van der Waals surface area contributed by atoms with Gasteiger partial charge in [0.15, 0.2) is 0 Å². The van der Waals surface area contributed by atoms with Gasteiger partial charge in [0, 0.05) is 7.11 Å². The first kappa shape index (κ1) is 13.9. The van der Waals surface area contributed by atoms with E-state index in [-0.39, 0.29) is 11.5 Å². The SMILES string of the molecule is COCCOCC(O)CCC(C)(C)C. The molecular weight excluding hydrogens is 180 g/mol. The van der Waals surface area contributed by atoms with Gasteiger partial charge in [0.05, 0.1) is 25.9 Å². The van der Waals surface area contributed by atoms with Crippen LogP contribution in [0.3, 0.4) is 0 Å². The van der Waals surface area contributed by atoms with E-state index in [1.165, 1.54) is 0 Å². The molecule has 0 saturated carbocycles. The van der Waals surface area contributed by atoms with Crippen molar-refractivity contribution < 1.29 is 14.6 Å². The Hall–Kier alpha value is -0.120. The molecule has 3 nitrogen and oxygen atoms in total. The number of aliphatic hydroxyl groups excluding tert-OH is 1. The van der Waals surface area contributed by atoms with E-state index in [2.05, 4.69) is 20.8 Å². The Morgan fingerprint density at radius 1 is 1.21 bits per heavy atom. The molecule has 1 atom stereocenters. The molecule has 0 aromatic heterocycles.